The number of rotatable bonds is 7. The summed E-state index contributed by atoms with van der Waals surface area (Å²) in [5, 5.41) is 4.25. The highest BCUT2D eigenvalue weighted by atomic mass is 16.5. The van der Waals surface area contributed by atoms with Crippen molar-refractivity contribution in [3.05, 3.63) is 133 Å². The number of carbonyl (C=O) groups excluding carboxylic acids is 2. The minimum absolute atomic E-state index is 0.339. The molecule has 0 aliphatic rings. The van der Waals surface area contributed by atoms with Crippen LogP contribution in [-0.2, 0) is 9.59 Å². The smallest absolute Gasteiger partial charge is 0.338 e. The van der Waals surface area contributed by atoms with Crippen molar-refractivity contribution < 1.29 is 23.5 Å². The average molecular weight is 565 g/mol. The molecule has 6 aromatic rings. The van der Waals surface area contributed by atoms with Gasteiger partial charge in [0.25, 0.3) is 0 Å². The monoisotopic (exact) mass is 564 g/mol. The Kier molecular flexibility index (Phi) is 7.22. The van der Waals surface area contributed by atoms with Crippen LogP contribution >= 0.6 is 0 Å². The summed E-state index contributed by atoms with van der Waals surface area (Å²) in [7, 11) is 0. The van der Waals surface area contributed by atoms with Crippen LogP contribution < -0.4 is 9.47 Å². The Morgan fingerprint density at radius 1 is 0.512 bits per heavy atom. The maximum Gasteiger partial charge on any atom is 0.338 e. The number of furan rings is 1. The van der Waals surface area contributed by atoms with Gasteiger partial charge in [0.2, 0.25) is 0 Å². The Bertz CT molecular complexity index is 1990. The van der Waals surface area contributed by atoms with Crippen LogP contribution in [0, 0.1) is 0 Å². The highest BCUT2D eigenvalue weighted by molar-refractivity contribution is 6.21. The van der Waals surface area contributed by atoms with Gasteiger partial charge in [-0.3, -0.25) is 0 Å². The van der Waals surface area contributed by atoms with Gasteiger partial charge >= 0.3 is 11.9 Å². The molecule has 0 amide bonds. The van der Waals surface area contributed by atoms with Crippen molar-refractivity contribution in [2.75, 3.05) is 0 Å². The van der Waals surface area contributed by atoms with E-state index in [4.69, 9.17) is 13.9 Å². The molecule has 210 valence electrons. The lowest BCUT2D eigenvalue weighted by Gasteiger charge is -2.16. The fourth-order valence-corrected chi connectivity index (χ4v) is 5.10. The first-order chi connectivity index (χ1) is 20.8. The van der Waals surface area contributed by atoms with Gasteiger partial charge in [-0.2, -0.15) is 0 Å². The van der Waals surface area contributed by atoms with Crippen LogP contribution in [0.3, 0.4) is 0 Å². The van der Waals surface area contributed by atoms with Crippen LogP contribution in [0.15, 0.2) is 138 Å². The molecule has 0 spiro atoms. The van der Waals surface area contributed by atoms with Gasteiger partial charge in [-0.15, -0.1) is 0 Å². The van der Waals surface area contributed by atoms with Gasteiger partial charge in [-0.1, -0.05) is 73.8 Å². The van der Waals surface area contributed by atoms with Crippen molar-refractivity contribution in [3.63, 3.8) is 0 Å². The summed E-state index contributed by atoms with van der Waals surface area (Å²) in [5.74, 6) is 1.44. The van der Waals surface area contributed by atoms with Gasteiger partial charge in [-0.25, -0.2) is 9.59 Å². The molecule has 0 saturated heterocycles. The van der Waals surface area contributed by atoms with Gasteiger partial charge in [-0.05, 0) is 95.1 Å². The molecule has 0 N–H and O–H groups in total. The van der Waals surface area contributed by atoms with E-state index in [1.54, 1.807) is 38.1 Å². The van der Waals surface area contributed by atoms with Crippen LogP contribution in [0.2, 0.25) is 0 Å². The molecular weight excluding hydrogens is 536 g/mol. The summed E-state index contributed by atoms with van der Waals surface area (Å²) in [5.41, 5.74) is 4.63. The van der Waals surface area contributed by atoms with Crippen molar-refractivity contribution in [1.82, 2.24) is 0 Å². The van der Waals surface area contributed by atoms with Gasteiger partial charge in [0.1, 0.15) is 23.0 Å². The fraction of sp³-hybridized carbons (Fsp3) is 0.0526. The van der Waals surface area contributed by atoms with Gasteiger partial charge < -0.3 is 13.9 Å². The standard InChI is InChI=1S/C38H28O5/c1-23(2)37(39)41-27-17-13-25(14-18-27)33-21-22-34(43-33)36-31-11-7-5-9-29(31)35(30-10-6-8-12-32(30)36)26-15-19-28(20-16-26)42-38(40)24(3)4/h5-22H,1,3H2,2,4H3. The quantitative estimate of drug-likeness (QED) is 0.0836. The van der Waals surface area contributed by atoms with E-state index in [0.717, 1.165) is 49.6 Å². The normalized spacial score (nSPS) is 10.9. The molecule has 5 nitrogen and oxygen atoms in total. The van der Waals surface area contributed by atoms with E-state index < -0.39 is 11.9 Å². The summed E-state index contributed by atoms with van der Waals surface area (Å²) in [4.78, 5) is 23.9. The van der Waals surface area contributed by atoms with Crippen molar-refractivity contribution in [2.24, 2.45) is 0 Å². The first-order valence-electron chi connectivity index (χ1n) is 13.8. The third kappa shape index (κ3) is 5.36. The summed E-state index contributed by atoms with van der Waals surface area (Å²) < 4.78 is 17.2. The van der Waals surface area contributed by atoms with Gasteiger partial charge in [0.05, 0.1) is 0 Å². The highest BCUT2D eigenvalue weighted by Gasteiger charge is 2.19. The number of esters is 2. The molecule has 6 rings (SSSR count). The van der Waals surface area contributed by atoms with E-state index in [-0.39, 0.29) is 0 Å². The number of carbonyl (C=O) groups is 2. The van der Waals surface area contributed by atoms with Gasteiger partial charge in [0, 0.05) is 22.3 Å². The summed E-state index contributed by atoms with van der Waals surface area (Å²) in [6, 6.07) is 35.2. The molecule has 0 radical (unpaired) electrons. The van der Waals surface area contributed by atoms with E-state index in [9.17, 15) is 9.59 Å². The Labute approximate surface area is 249 Å². The number of benzene rings is 5. The van der Waals surface area contributed by atoms with Crippen molar-refractivity contribution >= 4 is 33.5 Å². The number of hydrogen-bond donors (Lipinski definition) is 0. The first kappa shape index (κ1) is 27.5. The SMILES string of the molecule is C=C(C)C(=O)Oc1ccc(-c2ccc(-c3c4ccccc4c(-c4ccc(OC(=O)C(=C)C)cc4)c4ccccc34)o2)cc1. The molecule has 0 unspecified atom stereocenters. The molecule has 0 bridgehead atoms. The highest BCUT2D eigenvalue weighted by Crippen LogP contribution is 2.44. The van der Waals surface area contributed by atoms with Crippen LogP contribution in [0.4, 0.5) is 0 Å². The van der Waals surface area contributed by atoms with Crippen LogP contribution in [0.5, 0.6) is 11.5 Å². The summed E-state index contributed by atoms with van der Waals surface area (Å²) in [6.07, 6.45) is 0. The fourth-order valence-electron chi connectivity index (χ4n) is 5.10. The summed E-state index contributed by atoms with van der Waals surface area (Å²) in [6.45, 7) is 10.5. The molecule has 0 aliphatic heterocycles. The van der Waals surface area contributed by atoms with Crippen molar-refractivity contribution in [2.45, 2.75) is 13.8 Å². The van der Waals surface area contributed by atoms with Crippen molar-refractivity contribution in [3.8, 4) is 45.3 Å². The molecule has 43 heavy (non-hydrogen) atoms. The zero-order valence-electron chi connectivity index (χ0n) is 23.8. The lowest BCUT2D eigenvalue weighted by molar-refractivity contribution is -0.130. The maximum absolute atomic E-state index is 12.0. The second-order valence-corrected chi connectivity index (χ2v) is 10.4. The average Bonchev–Trinajstić information content (AvgIpc) is 3.50. The molecule has 0 aliphatic carbocycles. The number of fused-ring (bicyclic) bond motifs is 2. The Hall–Kier alpha value is -5.68. The zero-order valence-corrected chi connectivity index (χ0v) is 23.8. The van der Waals surface area contributed by atoms with Gasteiger partial charge in [0.15, 0.2) is 0 Å². The van der Waals surface area contributed by atoms with Crippen molar-refractivity contribution in [1.29, 1.82) is 0 Å². The number of ether oxygens (including phenoxy) is 2. The molecular formula is C38H28O5. The lowest BCUT2D eigenvalue weighted by Crippen LogP contribution is -2.07. The minimum Gasteiger partial charge on any atom is -0.456 e. The van der Waals surface area contributed by atoms with E-state index >= 15 is 0 Å². The lowest BCUT2D eigenvalue weighted by atomic mass is 9.87. The molecule has 5 heteroatoms. The Balaban J connectivity index is 1.43. The first-order valence-corrected chi connectivity index (χ1v) is 13.8. The second-order valence-electron chi connectivity index (χ2n) is 10.4. The Morgan fingerprint density at radius 3 is 1.35 bits per heavy atom. The predicted octanol–water partition coefficient (Wildman–Crippen LogP) is 9.55. The van der Waals surface area contributed by atoms with Crippen LogP contribution in [-0.4, -0.2) is 11.9 Å². The molecule has 0 atom stereocenters. The molecule has 0 saturated carbocycles. The summed E-state index contributed by atoms with van der Waals surface area (Å²) >= 11 is 0. The largest absolute Gasteiger partial charge is 0.456 e. The minimum atomic E-state index is -0.461. The van der Waals surface area contributed by atoms with E-state index in [1.807, 2.05) is 60.7 Å². The van der Waals surface area contributed by atoms with E-state index in [0.29, 0.717) is 28.4 Å². The maximum atomic E-state index is 12.0. The third-order valence-electron chi connectivity index (χ3n) is 7.18. The zero-order chi connectivity index (χ0) is 30.1. The third-order valence-corrected chi connectivity index (χ3v) is 7.18. The molecule has 1 aromatic heterocycles. The molecule has 5 aromatic carbocycles. The predicted molar refractivity (Wildman–Crippen MR) is 171 cm³/mol. The Morgan fingerprint density at radius 2 is 0.907 bits per heavy atom. The molecule has 1 heterocycles. The van der Waals surface area contributed by atoms with E-state index in [2.05, 4.69) is 37.4 Å². The number of hydrogen-bond acceptors (Lipinski definition) is 5. The topological polar surface area (TPSA) is 65.7 Å². The van der Waals surface area contributed by atoms with E-state index in [1.165, 1.54) is 0 Å². The van der Waals surface area contributed by atoms with Crippen LogP contribution in [0.1, 0.15) is 13.8 Å². The second kappa shape index (κ2) is 11.3. The molecule has 0 fully saturated rings. The van der Waals surface area contributed by atoms with Crippen LogP contribution in [0.25, 0.3) is 55.3 Å².